The third kappa shape index (κ3) is 2.79. The van der Waals surface area contributed by atoms with E-state index < -0.39 is 0 Å². The van der Waals surface area contributed by atoms with E-state index in [0.29, 0.717) is 6.04 Å². The van der Waals surface area contributed by atoms with Crippen LogP contribution in [0.25, 0.3) is 0 Å². The first-order valence-corrected chi connectivity index (χ1v) is 7.92. The Hall–Kier alpha value is -0.380. The van der Waals surface area contributed by atoms with Crippen molar-refractivity contribution in [2.45, 2.75) is 52.1 Å². The Labute approximate surface area is 115 Å². The van der Waals surface area contributed by atoms with Crippen LogP contribution in [0.1, 0.15) is 49.4 Å². The summed E-state index contributed by atoms with van der Waals surface area (Å²) in [5, 5.41) is 3.70. The second-order valence-corrected chi connectivity index (χ2v) is 7.11. The van der Waals surface area contributed by atoms with Gasteiger partial charge in [0.1, 0.15) is 0 Å². The van der Waals surface area contributed by atoms with Gasteiger partial charge >= 0.3 is 0 Å². The minimum absolute atomic E-state index is 0.198. The molecular weight excluding hydrogens is 240 g/mol. The maximum Gasteiger partial charge on any atom is 0.0596 e. The number of likely N-dealkylation sites (tertiary alicyclic amines) is 1. The Balaban J connectivity index is 2.22. The molecule has 1 aliphatic rings. The van der Waals surface area contributed by atoms with Gasteiger partial charge in [-0.25, -0.2) is 0 Å². The molecule has 0 saturated carbocycles. The Morgan fingerprint density at radius 2 is 2.00 bits per heavy atom. The fraction of sp³-hybridized carbons (Fsp3) is 0.733. The summed E-state index contributed by atoms with van der Waals surface area (Å²) in [6, 6.07) is 4.98. The highest BCUT2D eigenvalue weighted by Gasteiger charge is 2.37. The molecule has 0 aliphatic carbocycles. The molecule has 1 aromatic heterocycles. The van der Waals surface area contributed by atoms with Crippen LogP contribution in [0.3, 0.4) is 0 Å². The van der Waals surface area contributed by atoms with Crippen molar-refractivity contribution >= 4 is 11.3 Å². The Kier molecular flexibility index (Phi) is 4.46. The van der Waals surface area contributed by atoms with E-state index in [2.05, 4.69) is 50.0 Å². The van der Waals surface area contributed by atoms with Gasteiger partial charge in [0.2, 0.25) is 0 Å². The molecule has 102 valence electrons. The zero-order valence-corrected chi connectivity index (χ0v) is 12.9. The molecule has 1 aromatic rings. The highest BCUT2D eigenvalue weighted by atomic mass is 32.1. The zero-order chi connectivity index (χ0) is 13.2. The van der Waals surface area contributed by atoms with Gasteiger partial charge in [0, 0.05) is 15.3 Å². The van der Waals surface area contributed by atoms with E-state index >= 15 is 0 Å². The molecular formula is C15H26N2S. The molecule has 18 heavy (non-hydrogen) atoms. The number of aryl methyl sites for hydroxylation is 1. The monoisotopic (exact) mass is 266 g/mol. The topological polar surface area (TPSA) is 15.3 Å². The molecule has 1 saturated heterocycles. The van der Waals surface area contributed by atoms with E-state index in [1.807, 2.05) is 11.3 Å². The van der Waals surface area contributed by atoms with Crippen LogP contribution in [-0.4, -0.2) is 30.1 Å². The molecule has 2 nitrogen and oxygen atoms in total. The van der Waals surface area contributed by atoms with Gasteiger partial charge in [0.15, 0.2) is 0 Å². The maximum absolute atomic E-state index is 3.70. The summed E-state index contributed by atoms with van der Waals surface area (Å²) in [7, 11) is 0. The van der Waals surface area contributed by atoms with Gasteiger partial charge in [-0.1, -0.05) is 6.92 Å². The lowest BCUT2D eigenvalue weighted by atomic mass is 9.91. The van der Waals surface area contributed by atoms with E-state index in [9.17, 15) is 0 Å². The Morgan fingerprint density at radius 1 is 1.33 bits per heavy atom. The third-order valence-electron chi connectivity index (χ3n) is 4.08. The van der Waals surface area contributed by atoms with E-state index in [4.69, 9.17) is 0 Å². The minimum atomic E-state index is 0.198. The lowest BCUT2D eigenvalue weighted by Crippen LogP contribution is -2.51. The summed E-state index contributed by atoms with van der Waals surface area (Å²) >= 11 is 1.93. The van der Waals surface area contributed by atoms with Crippen molar-refractivity contribution in [3.05, 3.63) is 21.9 Å². The molecule has 0 amide bonds. The molecule has 0 spiro atoms. The fourth-order valence-electron chi connectivity index (χ4n) is 2.99. The van der Waals surface area contributed by atoms with Crippen LogP contribution in [0.5, 0.6) is 0 Å². The van der Waals surface area contributed by atoms with Crippen LogP contribution < -0.4 is 5.32 Å². The highest BCUT2D eigenvalue weighted by Crippen LogP contribution is 2.36. The van der Waals surface area contributed by atoms with E-state index in [1.54, 1.807) is 0 Å². The van der Waals surface area contributed by atoms with Crippen molar-refractivity contribution < 1.29 is 0 Å². The number of hydrogen-bond donors (Lipinski definition) is 1. The van der Waals surface area contributed by atoms with Crippen molar-refractivity contribution in [2.24, 2.45) is 0 Å². The largest absolute Gasteiger partial charge is 0.308 e. The first-order valence-electron chi connectivity index (χ1n) is 7.10. The van der Waals surface area contributed by atoms with E-state index in [-0.39, 0.29) is 5.54 Å². The molecule has 1 fully saturated rings. The highest BCUT2D eigenvalue weighted by molar-refractivity contribution is 7.12. The predicted molar refractivity (Wildman–Crippen MR) is 80.4 cm³/mol. The van der Waals surface area contributed by atoms with Crippen LogP contribution in [0.2, 0.25) is 0 Å². The van der Waals surface area contributed by atoms with E-state index in [0.717, 1.165) is 6.54 Å². The van der Waals surface area contributed by atoms with Crippen molar-refractivity contribution in [3.63, 3.8) is 0 Å². The predicted octanol–water partition coefficient (Wildman–Crippen LogP) is 3.58. The average molecular weight is 266 g/mol. The second kappa shape index (κ2) is 5.72. The quantitative estimate of drug-likeness (QED) is 0.876. The average Bonchev–Trinajstić information content (AvgIpc) is 2.96. The smallest absolute Gasteiger partial charge is 0.0596 e. The van der Waals surface area contributed by atoms with Crippen LogP contribution in [0, 0.1) is 6.92 Å². The van der Waals surface area contributed by atoms with Gasteiger partial charge in [-0.2, -0.15) is 0 Å². The van der Waals surface area contributed by atoms with Gasteiger partial charge in [-0.3, -0.25) is 4.90 Å². The molecule has 2 heterocycles. The molecule has 2 rings (SSSR count). The fourth-order valence-corrected chi connectivity index (χ4v) is 4.12. The normalized spacial score (nSPS) is 19.3. The number of likely N-dealkylation sites (N-methyl/N-ethyl adjacent to an activating group) is 1. The number of hydrogen-bond acceptors (Lipinski definition) is 3. The van der Waals surface area contributed by atoms with E-state index in [1.165, 1.54) is 35.7 Å². The summed E-state index contributed by atoms with van der Waals surface area (Å²) in [5.74, 6) is 0. The minimum Gasteiger partial charge on any atom is -0.308 e. The molecule has 1 N–H and O–H groups in total. The molecule has 0 radical (unpaired) electrons. The second-order valence-electron chi connectivity index (χ2n) is 5.79. The van der Waals surface area contributed by atoms with Crippen molar-refractivity contribution in [1.29, 1.82) is 0 Å². The number of rotatable bonds is 5. The lowest BCUT2D eigenvalue weighted by molar-refractivity contribution is 0.109. The molecule has 1 atom stereocenters. The van der Waals surface area contributed by atoms with Gasteiger partial charge in [0.25, 0.3) is 0 Å². The van der Waals surface area contributed by atoms with Gasteiger partial charge in [-0.05, 0) is 65.4 Å². The number of thiophene rings is 1. The van der Waals surface area contributed by atoms with Gasteiger partial charge in [0.05, 0.1) is 6.04 Å². The van der Waals surface area contributed by atoms with Crippen LogP contribution >= 0.6 is 11.3 Å². The third-order valence-corrected chi connectivity index (χ3v) is 5.15. The number of nitrogens with one attached hydrogen (secondary N) is 1. The Bertz CT molecular complexity index is 378. The standard InChI is InChI=1S/C15H26N2S/c1-5-16-14(13-9-8-12(2)18-13)15(3,4)17-10-6-7-11-17/h8-9,14,16H,5-7,10-11H2,1-4H3. The summed E-state index contributed by atoms with van der Waals surface area (Å²) < 4.78 is 0. The van der Waals surface area contributed by atoms with Crippen LogP contribution in [0.15, 0.2) is 12.1 Å². The van der Waals surface area contributed by atoms with Gasteiger partial charge < -0.3 is 5.32 Å². The maximum atomic E-state index is 3.70. The number of nitrogens with zero attached hydrogens (tertiary/aromatic N) is 1. The summed E-state index contributed by atoms with van der Waals surface area (Å²) in [4.78, 5) is 5.53. The zero-order valence-electron chi connectivity index (χ0n) is 12.1. The first kappa shape index (κ1) is 14.0. The molecule has 0 aromatic carbocycles. The summed E-state index contributed by atoms with van der Waals surface area (Å²) in [6.45, 7) is 12.7. The van der Waals surface area contributed by atoms with Gasteiger partial charge in [-0.15, -0.1) is 11.3 Å². The van der Waals surface area contributed by atoms with Crippen LogP contribution in [0.4, 0.5) is 0 Å². The lowest BCUT2D eigenvalue weighted by Gasteiger charge is -2.42. The molecule has 0 bridgehead atoms. The summed E-state index contributed by atoms with van der Waals surface area (Å²) in [5.41, 5.74) is 0.198. The SMILES string of the molecule is CCNC(c1ccc(C)s1)C(C)(C)N1CCCC1. The van der Waals surface area contributed by atoms with Crippen molar-refractivity contribution in [1.82, 2.24) is 10.2 Å². The van der Waals surface area contributed by atoms with Crippen LogP contribution in [-0.2, 0) is 0 Å². The van der Waals surface area contributed by atoms with Crippen molar-refractivity contribution in [3.8, 4) is 0 Å². The summed E-state index contributed by atoms with van der Waals surface area (Å²) in [6.07, 6.45) is 2.71. The molecule has 1 unspecified atom stereocenters. The van der Waals surface area contributed by atoms with Crippen molar-refractivity contribution in [2.75, 3.05) is 19.6 Å². The molecule has 1 aliphatic heterocycles. The molecule has 3 heteroatoms. The first-order chi connectivity index (χ1) is 8.55. The Morgan fingerprint density at radius 3 is 2.50 bits per heavy atom.